The number of fused-ring (bicyclic) bond motifs is 1. The van der Waals surface area contributed by atoms with E-state index in [-0.39, 0.29) is 17.8 Å². The third kappa shape index (κ3) is 1.66. The van der Waals surface area contributed by atoms with Gasteiger partial charge >= 0.3 is 0 Å². The van der Waals surface area contributed by atoms with Crippen LogP contribution in [0.25, 0.3) is 10.8 Å². The molecular weight excluding hydrogens is 228 g/mol. The number of nitrogens with zero attached hydrogens (tertiary/aromatic N) is 2. The van der Waals surface area contributed by atoms with Gasteiger partial charge in [-0.25, -0.2) is 10.4 Å². The Labute approximate surface area is 104 Å². The lowest BCUT2D eigenvalue weighted by Crippen LogP contribution is -2.31. The highest BCUT2D eigenvalue weighted by atomic mass is 16.3. The van der Waals surface area contributed by atoms with Crippen molar-refractivity contribution in [3.63, 3.8) is 0 Å². The predicted molar refractivity (Wildman–Crippen MR) is 71.6 cm³/mol. The highest BCUT2D eigenvalue weighted by molar-refractivity contribution is 5.93. The van der Waals surface area contributed by atoms with Gasteiger partial charge < -0.3 is 10.8 Å². The fourth-order valence-electron chi connectivity index (χ4n) is 2.12. The van der Waals surface area contributed by atoms with E-state index in [2.05, 4.69) is 15.5 Å². The number of nitrogens with one attached hydrogen (secondary N) is 1. The number of aromatic hydroxyl groups is 1. The van der Waals surface area contributed by atoms with Gasteiger partial charge in [-0.15, -0.1) is 0 Å². The molecule has 1 aliphatic heterocycles. The summed E-state index contributed by atoms with van der Waals surface area (Å²) in [7, 11) is 0. The van der Waals surface area contributed by atoms with E-state index in [1.165, 1.54) is 0 Å². The number of nitrogens with two attached hydrogens (primary N) is 1. The second kappa shape index (κ2) is 4.03. The van der Waals surface area contributed by atoms with Crippen LogP contribution in [0.1, 0.15) is 11.6 Å². The number of rotatable bonds is 1. The lowest BCUT2D eigenvalue weighted by atomic mass is 9.98. The Morgan fingerprint density at radius 3 is 2.83 bits per heavy atom. The quantitative estimate of drug-likeness (QED) is 0.706. The van der Waals surface area contributed by atoms with Crippen LogP contribution in [-0.2, 0) is 0 Å². The molecule has 1 atom stereocenters. The number of phenols is 1. The lowest BCUT2D eigenvalue weighted by Gasteiger charge is -2.16. The Kier molecular flexibility index (Phi) is 2.37. The van der Waals surface area contributed by atoms with Gasteiger partial charge in [0.25, 0.3) is 0 Å². The Morgan fingerprint density at radius 2 is 2.00 bits per heavy atom. The summed E-state index contributed by atoms with van der Waals surface area (Å²) >= 11 is 0. The molecule has 5 heteroatoms. The fraction of sp³-hybridized carbons (Fsp3) is 0.0769. The zero-order valence-corrected chi connectivity index (χ0v) is 9.54. The van der Waals surface area contributed by atoms with Gasteiger partial charge in [-0.3, -0.25) is 0 Å². The molecule has 18 heavy (non-hydrogen) atoms. The van der Waals surface area contributed by atoms with Crippen molar-refractivity contribution in [3.05, 3.63) is 42.0 Å². The molecule has 0 fully saturated rings. The van der Waals surface area contributed by atoms with Crippen molar-refractivity contribution in [2.24, 2.45) is 15.8 Å². The van der Waals surface area contributed by atoms with Gasteiger partial charge in [-0.1, -0.05) is 30.3 Å². The number of benzene rings is 2. The number of aliphatic imine (C=N–C) groups is 1. The van der Waals surface area contributed by atoms with Gasteiger partial charge in [0.15, 0.2) is 0 Å². The number of guanidine groups is 1. The second-order valence-electron chi connectivity index (χ2n) is 4.07. The van der Waals surface area contributed by atoms with Gasteiger partial charge in [0, 0.05) is 5.56 Å². The molecule has 0 radical (unpaired) electrons. The van der Waals surface area contributed by atoms with Crippen molar-refractivity contribution >= 4 is 22.9 Å². The van der Waals surface area contributed by atoms with E-state index in [0.29, 0.717) is 0 Å². The monoisotopic (exact) mass is 240 g/mol. The molecule has 1 heterocycles. The van der Waals surface area contributed by atoms with Crippen molar-refractivity contribution < 1.29 is 5.11 Å². The molecule has 0 aliphatic carbocycles. The molecule has 0 spiro atoms. The predicted octanol–water partition coefficient (Wildman–Crippen LogP) is 1.49. The molecule has 0 bridgehead atoms. The first-order valence-electron chi connectivity index (χ1n) is 5.59. The Hall–Kier alpha value is -2.56. The summed E-state index contributed by atoms with van der Waals surface area (Å²) in [6.45, 7) is 0. The van der Waals surface area contributed by atoms with E-state index >= 15 is 0 Å². The molecule has 5 nitrogen and oxygen atoms in total. The zero-order chi connectivity index (χ0) is 12.5. The summed E-state index contributed by atoms with van der Waals surface area (Å²) in [6.07, 6.45) is 1.62. The average molecular weight is 240 g/mol. The maximum atomic E-state index is 10.1. The van der Waals surface area contributed by atoms with Gasteiger partial charge in [0.2, 0.25) is 5.96 Å². The highest BCUT2D eigenvalue weighted by Crippen LogP contribution is 2.33. The van der Waals surface area contributed by atoms with Crippen molar-refractivity contribution in [2.75, 3.05) is 0 Å². The van der Waals surface area contributed by atoms with Crippen LogP contribution in [0.4, 0.5) is 0 Å². The second-order valence-corrected chi connectivity index (χ2v) is 4.07. The van der Waals surface area contributed by atoms with Crippen LogP contribution >= 0.6 is 0 Å². The van der Waals surface area contributed by atoms with E-state index in [4.69, 9.17) is 5.73 Å². The SMILES string of the molecule is NC1=NC(c2c(O)ccc3ccccc23)C=NN1. The minimum atomic E-state index is -0.364. The average Bonchev–Trinajstić information content (AvgIpc) is 2.38. The van der Waals surface area contributed by atoms with Crippen LogP contribution in [-0.4, -0.2) is 17.3 Å². The first-order chi connectivity index (χ1) is 8.75. The summed E-state index contributed by atoms with van der Waals surface area (Å²) in [6, 6.07) is 11.0. The summed E-state index contributed by atoms with van der Waals surface area (Å²) in [5, 5.41) is 16.0. The summed E-state index contributed by atoms with van der Waals surface area (Å²) in [4.78, 5) is 4.24. The Balaban J connectivity index is 2.24. The van der Waals surface area contributed by atoms with E-state index in [1.54, 1.807) is 12.3 Å². The van der Waals surface area contributed by atoms with Crippen molar-refractivity contribution in [3.8, 4) is 5.75 Å². The number of hydrogen-bond donors (Lipinski definition) is 3. The smallest absolute Gasteiger partial charge is 0.210 e. The van der Waals surface area contributed by atoms with Crippen LogP contribution in [0.15, 0.2) is 46.5 Å². The molecule has 2 aromatic carbocycles. The molecule has 0 aromatic heterocycles. The maximum absolute atomic E-state index is 10.1. The molecule has 1 aliphatic rings. The van der Waals surface area contributed by atoms with Crippen molar-refractivity contribution in [1.82, 2.24) is 5.43 Å². The highest BCUT2D eigenvalue weighted by Gasteiger charge is 2.18. The largest absolute Gasteiger partial charge is 0.508 e. The van der Waals surface area contributed by atoms with Crippen LogP contribution in [0.2, 0.25) is 0 Å². The number of phenolic OH excluding ortho intramolecular Hbond substituents is 1. The van der Waals surface area contributed by atoms with Gasteiger partial charge in [0.1, 0.15) is 11.8 Å². The molecule has 1 unspecified atom stereocenters. The topological polar surface area (TPSA) is 83.0 Å². The molecule has 0 saturated carbocycles. The zero-order valence-electron chi connectivity index (χ0n) is 9.54. The Bertz CT molecular complexity index is 663. The number of hydrogen-bond acceptors (Lipinski definition) is 5. The molecule has 3 rings (SSSR count). The van der Waals surface area contributed by atoms with E-state index in [0.717, 1.165) is 16.3 Å². The minimum absolute atomic E-state index is 0.198. The first kappa shape index (κ1) is 10.6. The van der Waals surface area contributed by atoms with E-state index < -0.39 is 0 Å². The third-order valence-corrected chi connectivity index (χ3v) is 2.92. The summed E-state index contributed by atoms with van der Waals surface area (Å²) < 4.78 is 0. The molecule has 2 aromatic rings. The first-order valence-corrected chi connectivity index (χ1v) is 5.59. The van der Waals surface area contributed by atoms with Crippen molar-refractivity contribution in [2.45, 2.75) is 6.04 Å². The summed E-state index contributed by atoms with van der Waals surface area (Å²) in [5.74, 6) is 0.443. The van der Waals surface area contributed by atoms with Gasteiger partial charge in [-0.05, 0) is 16.8 Å². The maximum Gasteiger partial charge on any atom is 0.210 e. The van der Waals surface area contributed by atoms with Gasteiger partial charge in [0.05, 0.1) is 6.21 Å². The van der Waals surface area contributed by atoms with E-state index in [9.17, 15) is 5.11 Å². The van der Waals surface area contributed by atoms with Crippen molar-refractivity contribution in [1.29, 1.82) is 0 Å². The van der Waals surface area contributed by atoms with Crippen LogP contribution in [0.5, 0.6) is 5.75 Å². The van der Waals surface area contributed by atoms with Crippen LogP contribution in [0.3, 0.4) is 0 Å². The van der Waals surface area contributed by atoms with Gasteiger partial charge in [-0.2, -0.15) is 5.10 Å². The molecular formula is C13H12N4O. The van der Waals surface area contributed by atoms with Crippen LogP contribution < -0.4 is 11.2 Å². The van der Waals surface area contributed by atoms with Crippen LogP contribution in [0, 0.1) is 0 Å². The lowest BCUT2D eigenvalue weighted by molar-refractivity contribution is 0.468. The third-order valence-electron chi connectivity index (χ3n) is 2.92. The molecule has 0 saturated heterocycles. The Morgan fingerprint density at radius 1 is 1.17 bits per heavy atom. The fourth-order valence-corrected chi connectivity index (χ4v) is 2.12. The molecule has 4 N–H and O–H groups in total. The number of hydrazone groups is 1. The normalized spacial score (nSPS) is 18.4. The summed E-state index contributed by atoms with van der Waals surface area (Å²) in [5.41, 5.74) is 8.89. The minimum Gasteiger partial charge on any atom is -0.508 e. The standard InChI is InChI=1S/C13H12N4O/c14-13-16-10(7-15-17-13)12-9-4-2-1-3-8(9)5-6-11(12)18/h1-7,10,18H,(H3,14,16,17). The molecule has 0 amide bonds. The van der Waals surface area contributed by atoms with E-state index in [1.807, 2.05) is 30.3 Å². The molecule has 90 valence electrons.